The van der Waals surface area contributed by atoms with Gasteiger partial charge >= 0.3 is 0 Å². The lowest BCUT2D eigenvalue weighted by atomic mass is 9.80. The Balaban J connectivity index is 1.91. The van der Waals surface area contributed by atoms with E-state index in [2.05, 4.69) is 15.9 Å². The highest BCUT2D eigenvalue weighted by Gasteiger charge is 2.36. The fourth-order valence-electron chi connectivity index (χ4n) is 2.59. The van der Waals surface area contributed by atoms with Crippen molar-refractivity contribution in [2.45, 2.75) is 44.1 Å². The molecule has 0 aliphatic heterocycles. The van der Waals surface area contributed by atoms with E-state index in [0.717, 1.165) is 16.5 Å². The van der Waals surface area contributed by atoms with E-state index < -0.39 is 5.92 Å². The van der Waals surface area contributed by atoms with Crippen molar-refractivity contribution < 1.29 is 8.78 Å². The van der Waals surface area contributed by atoms with Crippen LogP contribution in [0.1, 0.15) is 31.2 Å². The highest BCUT2D eigenvalue weighted by Crippen LogP contribution is 2.37. The van der Waals surface area contributed by atoms with Gasteiger partial charge in [0.1, 0.15) is 0 Å². The third-order valence-electron chi connectivity index (χ3n) is 3.73. The fraction of sp³-hybridized carbons (Fsp3) is 0.571. The summed E-state index contributed by atoms with van der Waals surface area (Å²) in [6, 6.07) is 7.99. The zero-order valence-electron chi connectivity index (χ0n) is 10.2. The molecule has 1 saturated carbocycles. The van der Waals surface area contributed by atoms with E-state index >= 15 is 0 Å². The molecule has 100 valence electrons. The summed E-state index contributed by atoms with van der Waals surface area (Å²) in [6.07, 6.45) is 1.83. The van der Waals surface area contributed by atoms with Crippen molar-refractivity contribution >= 4 is 15.9 Å². The normalized spacial score (nSPS) is 21.8. The fourth-order valence-corrected chi connectivity index (χ4v) is 3.04. The van der Waals surface area contributed by atoms with E-state index in [0.29, 0.717) is 12.8 Å². The zero-order valence-corrected chi connectivity index (χ0v) is 11.8. The molecule has 1 aliphatic rings. The first-order valence-electron chi connectivity index (χ1n) is 6.34. The van der Waals surface area contributed by atoms with Crippen LogP contribution < -0.4 is 5.73 Å². The van der Waals surface area contributed by atoms with Crippen LogP contribution >= 0.6 is 15.9 Å². The van der Waals surface area contributed by atoms with E-state index in [1.165, 1.54) is 0 Å². The van der Waals surface area contributed by atoms with Crippen molar-refractivity contribution in [1.82, 2.24) is 0 Å². The zero-order chi connectivity index (χ0) is 13.2. The van der Waals surface area contributed by atoms with Gasteiger partial charge in [-0.2, -0.15) is 0 Å². The van der Waals surface area contributed by atoms with Gasteiger partial charge in [0.15, 0.2) is 0 Å². The Morgan fingerprint density at radius 3 is 2.61 bits per heavy atom. The van der Waals surface area contributed by atoms with Crippen LogP contribution in [0, 0.1) is 5.92 Å². The molecule has 18 heavy (non-hydrogen) atoms. The molecule has 1 atom stereocenters. The molecule has 1 aromatic rings. The van der Waals surface area contributed by atoms with Gasteiger partial charge in [-0.15, -0.1) is 0 Å². The minimum atomic E-state index is -2.47. The molecule has 2 rings (SSSR count). The van der Waals surface area contributed by atoms with Crippen molar-refractivity contribution in [2.24, 2.45) is 11.7 Å². The summed E-state index contributed by atoms with van der Waals surface area (Å²) in [5, 5.41) is 0. The molecule has 2 N–H and O–H groups in total. The van der Waals surface area contributed by atoms with Crippen molar-refractivity contribution in [2.75, 3.05) is 0 Å². The van der Waals surface area contributed by atoms with Gasteiger partial charge in [-0.05, 0) is 42.9 Å². The Kier molecular flexibility index (Phi) is 4.38. The van der Waals surface area contributed by atoms with Gasteiger partial charge in [-0.1, -0.05) is 28.1 Å². The van der Waals surface area contributed by atoms with E-state index in [9.17, 15) is 8.78 Å². The highest BCUT2D eigenvalue weighted by molar-refractivity contribution is 9.10. The Hall–Kier alpha value is -0.480. The van der Waals surface area contributed by atoms with Crippen LogP contribution in [0.5, 0.6) is 0 Å². The predicted molar refractivity (Wildman–Crippen MR) is 72.7 cm³/mol. The summed E-state index contributed by atoms with van der Waals surface area (Å²) < 4.78 is 27.2. The van der Waals surface area contributed by atoms with Crippen LogP contribution in [0.25, 0.3) is 0 Å². The lowest BCUT2D eigenvalue weighted by Gasteiger charge is -2.32. The number of rotatable bonds is 3. The molecule has 1 nitrogen and oxygen atoms in total. The van der Waals surface area contributed by atoms with Crippen molar-refractivity contribution in [1.29, 1.82) is 0 Å². The SMILES string of the molecule is NC(Cc1cccc(Br)c1)C1CCC(F)(F)CC1. The summed E-state index contributed by atoms with van der Waals surface area (Å²) >= 11 is 3.42. The average Bonchev–Trinajstić information content (AvgIpc) is 2.28. The van der Waals surface area contributed by atoms with Gasteiger partial charge in [-0.25, -0.2) is 8.78 Å². The molecule has 1 aromatic carbocycles. The first-order valence-corrected chi connectivity index (χ1v) is 7.13. The summed E-state index contributed by atoms with van der Waals surface area (Å²) in [7, 11) is 0. The Morgan fingerprint density at radius 1 is 1.33 bits per heavy atom. The van der Waals surface area contributed by atoms with Crippen LogP contribution in [-0.4, -0.2) is 12.0 Å². The number of hydrogen-bond acceptors (Lipinski definition) is 1. The maximum absolute atomic E-state index is 13.1. The lowest BCUT2D eigenvalue weighted by molar-refractivity contribution is -0.0481. The third kappa shape index (κ3) is 3.75. The molecule has 0 radical (unpaired) electrons. The number of nitrogens with two attached hydrogens (primary N) is 1. The Labute approximate surface area is 115 Å². The molecular weight excluding hydrogens is 300 g/mol. The molecule has 0 aromatic heterocycles. The smallest absolute Gasteiger partial charge is 0.248 e. The summed E-state index contributed by atoms with van der Waals surface area (Å²) in [5.41, 5.74) is 7.32. The van der Waals surface area contributed by atoms with Gasteiger partial charge in [0.05, 0.1) is 0 Å². The van der Waals surface area contributed by atoms with Gasteiger partial charge in [0, 0.05) is 23.4 Å². The van der Waals surface area contributed by atoms with Gasteiger partial charge in [-0.3, -0.25) is 0 Å². The predicted octanol–water partition coefficient (Wildman–Crippen LogP) is 4.14. The van der Waals surface area contributed by atoms with Crippen LogP contribution in [0.3, 0.4) is 0 Å². The lowest BCUT2D eigenvalue weighted by Crippen LogP contribution is -2.37. The molecule has 0 amide bonds. The van der Waals surface area contributed by atoms with E-state index in [1.807, 2.05) is 24.3 Å². The maximum atomic E-state index is 13.1. The largest absolute Gasteiger partial charge is 0.327 e. The Bertz CT molecular complexity index is 399. The molecule has 0 saturated heterocycles. The number of alkyl halides is 2. The second kappa shape index (κ2) is 5.66. The molecule has 4 heteroatoms. The first kappa shape index (κ1) is 13.9. The summed E-state index contributed by atoms with van der Waals surface area (Å²) in [6.45, 7) is 0. The summed E-state index contributed by atoms with van der Waals surface area (Å²) in [4.78, 5) is 0. The van der Waals surface area contributed by atoms with Crippen LogP contribution in [0.2, 0.25) is 0 Å². The van der Waals surface area contributed by atoms with Crippen LogP contribution in [0.15, 0.2) is 28.7 Å². The molecule has 0 spiro atoms. The molecule has 1 aliphatic carbocycles. The quantitative estimate of drug-likeness (QED) is 0.890. The third-order valence-corrected chi connectivity index (χ3v) is 4.22. The van der Waals surface area contributed by atoms with Crippen molar-refractivity contribution in [3.63, 3.8) is 0 Å². The Morgan fingerprint density at radius 2 is 2.00 bits per heavy atom. The number of halogens is 3. The highest BCUT2D eigenvalue weighted by atomic mass is 79.9. The molecular formula is C14H18BrF2N. The second-order valence-electron chi connectivity index (χ2n) is 5.19. The van der Waals surface area contributed by atoms with E-state index in [-0.39, 0.29) is 24.8 Å². The average molecular weight is 318 g/mol. The van der Waals surface area contributed by atoms with Gasteiger partial charge in [0.25, 0.3) is 0 Å². The van der Waals surface area contributed by atoms with Crippen molar-refractivity contribution in [3.8, 4) is 0 Å². The summed E-state index contributed by atoms with van der Waals surface area (Å²) in [5.74, 6) is -2.24. The molecule has 0 bridgehead atoms. The topological polar surface area (TPSA) is 26.0 Å². The van der Waals surface area contributed by atoms with Gasteiger partial charge in [0.2, 0.25) is 5.92 Å². The number of hydrogen-bond donors (Lipinski definition) is 1. The van der Waals surface area contributed by atoms with E-state index in [4.69, 9.17) is 5.73 Å². The molecule has 1 unspecified atom stereocenters. The standard InChI is InChI=1S/C14H18BrF2N/c15-12-3-1-2-10(8-12)9-13(18)11-4-6-14(16,17)7-5-11/h1-3,8,11,13H,4-7,9,18H2. The molecule has 0 heterocycles. The van der Waals surface area contributed by atoms with Crippen LogP contribution in [0.4, 0.5) is 8.78 Å². The monoisotopic (exact) mass is 317 g/mol. The van der Waals surface area contributed by atoms with Crippen LogP contribution in [-0.2, 0) is 6.42 Å². The second-order valence-corrected chi connectivity index (χ2v) is 6.11. The number of benzene rings is 1. The minimum Gasteiger partial charge on any atom is -0.327 e. The maximum Gasteiger partial charge on any atom is 0.248 e. The first-order chi connectivity index (χ1) is 8.46. The van der Waals surface area contributed by atoms with Crippen molar-refractivity contribution in [3.05, 3.63) is 34.3 Å². The molecule has 1 fully saturated rings. The van der Waals surface area contributed by atoms with Gasteiger partial charge < -0.3 is 5.73 Å². The van der Waals surface area contributed by atoms with E-state index in [1.54, 1.807) is 0 Å². The minimum absolute atomic E-state index is 0.0101.